The Kier molecular flexibility index (Phi) is 6.13. The summed E-state index contributed by atoms with van der Waals surface area (Å²) in [4.78, 5) is 20.3. The summed E-state index contributed by atoms with van der Waals surface area (Å²) in [5, 5.41) is 12.7. The number of aryl methyl sites for hydroxylation is 1. The molecular formula is C26H25N5OS. The first-order valence-corrected chi connectivity index (χ1v) is 12.0. The number of nitrogens with zero attached hydrogens (tertiary/aromatic N) is 4. The lowest BCUT2D eigenvalue weighted by Gasteiger charge is -2.27. The zero-order valence-corrected chi connectivity index (χ0v) is 19.3. The normalized spacial score (nSPS) is 13.7. The van der Waals surface area contributed by atoms with Gasteiger partial charge in [-0.2, -0.15) is 0 Å². The lowest BCUT2D eigenvalue weighted by Crippen LogP contribution is -2.30. The van der Waals surface area contributed by atoms with Crippen LogP contribution in [0.15, 0.2) is 66.7 Å². The van der Waals surface area contributed by atoms with Gasteiger partial charge in [-0.05, 0) is 50.5 Å². The molecular weight excluding hydrogens is 430 g/mol. The molecule has 166 valence electrons. The first-order valence-electron chi connectivity index (χ1n) is 11.2. The molecule has 0 bridgehead atoms. The van der Waals surface area contributed by atoms with E-state index in [4.69, 9.17) is 0 Å². The van der Waals surface area contributed by atoms with Gasteiger partial charge in [-0.1, -0.05) is 42.5 Å². The Morgan fingerprint density at radius 3 is 2.33 bits per heavy atom. The summed E-state index contributed by atoms with van der Waals surface area (Å²) < 4.78 is 0. The van der Waals surface area contributed by atoms with E-state index in [1.165, 1.54) is 30.6 Å². The zero-order chi connectivity index (χ0) is 22.6. The van der Waals surface area contributed by atoms with Crippen molar-refractivity contribution in [1.82, 2.24) is 15.2 Å². The van der Waals surface area contributed by atoms with Crippen LogP contribution in [0.25, 0.3) is 21.8 Å². The number of thiazole rings is 1. The summed E-state index contributed by atoms with van der Waals surface area (Å²) in [6, 6.07) is 21.7. The number of rotatable bonds is 5. The van der Waals surface area contributed by atoms with Crippen molar-refractivity contribution in [2.24, 2.45) is 0 Å². The van der Waals surface area contributed by atoms with Crippen molar-refractivity contribution in [2.45, 2.75) is 26.2 Å². The molecule has 1 aliphatic rings. The molecule has 2 aromatic heterocycles. The lowest BCUT2D eigenvalue weighted by molar-refractivity contribution is 0.103. The van der Waals surface area contributed by atoms with Crippen LogP contribution in [0.5, 0.6) is 0 Å². The van der Waals surface area contributed by atoms with Crippen LogP contribution in [0.4, 0.5) is 11.5 Å². The maximum Gasteiger partial charge on any atom is 0.267 e. The average molecular weight is 456 g/mol. The number of amides is 1. The van der Waals surface area contributed by atoms with Gasteiger partial charge in [-0.15, -0.1) is 21.5 Å². The van der Waals surface area contributed by atoms with Crippen molar-refractivity contribution in [3.8, 4) is 21.8 Å². The lowest BCUT2D eigenvalue weighted by atomic mass is 10.1. The van der Waals surface area contributed by atoms with Crippen LogP contribution < -0.4 is 10.2 Å². The first-order chi connectivity index (χ1) is 16.2. The molecule has 4 aromatic rings. The van der Waals surface area contributed by atoms with Gasteiger partial charge < -0.3 is 10.2 Å². The molecule has 2 aromatic carbocycles. The number of carbonyl (C=O) groups is 1. The van der Waals surface area contributed by atoms with Crippen LogP contribution in [0, 0.1) is 6.92 Å². The van der Waals surface area contributed by atoms with E-state index in [0.717, 1.165) is 52.1 Å². The monoisotopic (exact) mass is 455 g/mol. The SMILES string of the molecule is Cc1nc(-c2ccccc2)sc1C(=O)Nc1ccc(-c2ccc(N3CCCCC3)nn2)cc1. The van der Waals surface area contributed by atoms with Crippen LogP contribution in [-0.4, -0.2) is 34.2 Å². The topological polar surface area (TPSA) is 71.0 Å². The molecule has 1 aliphatic heterocycles. The molecule has 1 amide bonds. The third-order valence-electron chi connectivity index (χ3n) is 5.79. The van der Waals surface area contributed by atoms with Gasteiger partial charge in [0, 0.05) is 29.9 Å². The van der Waals surface area contributed by atoms with Gasteiger partial charge in [0.2, 0.25) is 0 Å². The van der Waals surface area contributed by atoms with Crippen LogP contribution in [0.2, 0.25) is 0 Å². The first kappa shape index (κ1) is 21.3. The summed E-state index contributed by atoms with van der Waals surface area (Å²) in [5.74, 6) is 0.794. The third-order valence-corrected chi connectivity index (χ3v) is 7.00. The van der Waals surface area contributed by atoms with Crippen LogP contribution in [0.3, 0.4) is 0 Å². The molecule has 33 heavy (non-hydrogen) atoms. The molecule has 0 unspecified atom stereocenters. The van der Waals surface area contributed by atoms with E-state index in [1.54, 1.807) is 0 Å². The van der Waals surface area contributed by atoms with Crippen LogP contribution in [0.1, 0.15) is 34.6 Å². The predicted octanol–water partition coefficient (Wildman–Crippen LogP) is 5.82. The maximum absolute atomic E-state index is 12.9. The molecule has 3 heterocycles. The highest BCUT2D eigenvalue weighted by Crippen LogP contribution is 2.29. The number of benzene rings is 2. The van der Waals surface area contributed by atoms with Crippen molar-refractivity contribution < 1.29 is 4.79 Å². The number of anilines is 2. The highest BCUT2D eigenvalue weighted by atomic mass is 32.1. The number of aromatic nitrogens is 3. The van der Waals surface area contributed by atoms with Crippen molar-refractivity contribution in [3.63, 3.8) is 0 Å². The van der Waals surface area contributed by atoms with Gasteiger partial charge in [0.05, 0.1) is 11.4 Å². The Bertz CT molecular complexity index is 1230. The number of piperidine rings is 1. The van der Waals surface area contributed by atoms with E-state index < -0.39 is 0 Å². The highest BCUT2D eigenvalue weighted by Gasteiger charge is 2.17. The van der Waals surface area contributed by atoms with Crippen molar-refractivity contribution in [3.05, 3.63) is 77.3 Å². The largest absolute Gasteiger partial charge is 0.355 e. The zero-order valence-electron chi connectivity index (χ0n) is 18.5. The van der Waals surface area contributed by atoms with Crippen molar-refractivity contribution in [2.75, 3.05) is 23.3 Å². The smallest absolute Gasteiger partial charge is 0.267 e. The molecule has 0 radical (unpaired) electrons. The predicted molar refractivity (Wildman–Crippen MR) is 134 cm³/mol. The van der Waals surface area contributed by atoms with Crippen LogP contribution >= 0.6 is 11.3 Å². The molecule has 5 rings (SSSR count). The third kappa shape index (κ3) is 4.78. The van der Waals surface area contributed by atoms with Gasteiger partial charge in [0.15, 0.2) is 5.82 Å². The fourth-order valence-corrected chi connectivity index (χ4v) is 4.96. The summed E-state index contributed by atoms with van der Waals surface area (Å²) in [7, 11) is 0. The Labute approximate surface area is 197 Å². The van der Waals surface area contributed by atoms with Crippen molar-refractivity contribution >= 4 is 28.7 Å². The standard InChI is InChI=1S/C26H25N5OS/c1-18-24(33-26(27-18)20-8-4-2-5-9-20)25(32)28-21-12-10-19(11-13-21)22-14-15-23(30-29-22)31-16-6-3-7-17-31/h2,4-5,8-15H,3,6-7,16-17H2,1H3,(H,28,32). The van der Waals surface area contributed by atoms with Gasteiger partial charge in [-0.25, -0.2) is 4.98 Å². The summed E-state index contributed by atoms with van der Waals surface area (Å²) in [6.45, 7) is 3.97. The van der Waals surface area contributed by atoms with Gasteiger partial charge in [0.1, 0.15) is 9.88 Å². The number of hydrogen-bond donors (Lipinski definition) is 1. The molecule has 1 saturated heterocycles. The number of hydrogen-bond acceptors (Lipinski definition) is 6. The van der Waals surface area contributed by atoms with Crippen molar-refractivity contribution in [1.29, 1.82) is 0 Å². The van der Waals surface area contributed by atoms with Gasteiger partial charge in [0.25, 0.3) is 5.91 Å². The van der Waals surface area contributed by atoms with E-state index in [9.17, 15) is 4.79 Å². The van der Waals surface area contributed by atoms with Gasteiger partial charge in [-0.3, -0.25) is 4.79 Å². The fourth-order valence-electron chi connectivity index (χ4n) is 3.99. The van der Waals surface area contributed by atoms with Gasteiger partial charge >= 0.3 is 0 Å². The highest BCUT2D eigenvalue weighted by molar-refractivity contribution is 7.17. The molecule has 6 nitrogen and oxygen atoms in total. The van der Waals surface area contributed by atoms with E-state index in [-0.39, 0.29) is 5.91 Å². The molecule has 0 aliphatic carbocycles. The average Bonchev–Trinajstić information content (AvgIpc) is 3.27. The molecule has 1 N–H and O–H groups in total. The number of nitrogens with one attached hydrogen (secondary N) is 1. The fraction of sp³-hybridized carbons (Fsp3) is 0.231. The minimum Gasteiger partial charge on any atom is -0.355 e. The van der Waals surface area contributed by atoms with Crippen LogP contribution in [-0.2, 0) is 0 Å². The van der Waals surface area contributed by atoms with E-state index in [0.29, 0.717) is 4.88 Å². The molecule has 0 spiro atoms. The maximum atomic E-state index is 12.9. The second-order valence-corrected chi connectivity index (χ2v) is 9.15. The summed E-state index contributed by atoms with van der Waals surface area (Å²) >= 11 is 1.41. The molecule has 0 saturated carbocycles. The Morgan fingerprint density at radius 1 is 0.879 bits per heavy atom. The minimum absolute atomic E-state index is 0.148. The Morgan fingerprint density at radius 2 is 1.64 bits per heavy atom. The molecule has 0 atom stereocenters. The minimum atomic E-state index is -0.148. The van der Waals surface area contributed by atoms with E-state index in [1.807, 2.05) is 73.7 Å². The quantitative estimate of drug-likeness (QED) is 0.411. The van der Waals surface area contributed by atoms with E-state index in [2.05, 4.69) is 25.4 Å². The molecule has 7 heteroatoms. The summed E-state index contributed by atoms with van der Waals surface area (Å²) in [5.41, 5.74) is 4.26. The Hall–Kier alpha value is -3.58. The number of carbonyl (C=O) groups excluding carboxylic acids is 1. The molecule has 1 fully saturated rings. The Balaban J connectivity index is 1.26. The second-order valence-electron chi connectivity index (χ2n) is 8.16. The second kappa shape index (κ2) is 9.50. The van der Waals surface area contributed by atoms with E-state index >= 15 is 0 Å². The summed E-state index contributed by atoms with van der Waals surface area (Å²) in [6.07, 6.45) is 3.72.